The van der Waals surface area contributed by atoms with Gasteiger partial charge in [0.05, 0.1) is 17.3 Å². The van der Waals surface area contributed by atoms with Crippen LogP contribution in [0, 0.1) is 0 Å². The second-order valence-electron chi connectivity index (χ2n) is 3.91. The molecule has 3 nitrogen and oxygen atoms in total. The molecular formula is C12H12F3N3S. The van der Waals surface area contributed by atoms with Gasteiger partial charge in [-0.05, 0) is 29.7 Å². The van der Waals surface area contributed by atoms with Gasteiger partial charge >= 0.3 is 6.18 Å². The fourth-order valence-corrected chi connectivity index (χ4v) is 2.36. The largest absolute Gasteiger partial charge is 0.416 e. The minimum absolute atomic E-state index is 0.171. The van der Waals surface area contributed by atoms with Crippen LogP contribution in [0.3, 0.4) is 0 Å². The lowest BCUT2D eigenvalue weighted by Gasteiger charge is -2.20. The summed E-state index contributed by atoms with van der Waals surface area (Å²) in [4.78, 5) is 0. The molecule has 1 unspecified atom stereocenters. The lowest BCUT2D eigenvalue weighted by Crippen LogP contribution is -2.25. The zero-order valence-corrected chi connectivity index (χ0v) is 10.9. The van der Waals surface area contributed by atoms with Crippen molar-refractivity contribution in [3.8, 4) is 0 Å². The van der Waals surface area contributed by atoms with Gasteiger partial charge in [0.15, 0.2) is 0 Å². The average Bonchev–Trinajstić information content (AvgIpc) is 2.88. The molecule has 1 N–H and O–H groups in total. The molecular weight excluding hydrogens is 275 g/mol. The van der Waals surface area contributed by atoms with Crippen molar-refractivity contribution in [1.29, 1.82) is 0 Å². The Morgan fingerprint density at radius 2 is 2.05 bits per heavy atom. The van der Waals surface area contributed by atoms with E-state index < -0.39 is 17.8 Å². The second kappa shape index (κ2) is 5.66. The van der Waals surface area contributed by atoms with Gasteiger partial charge < -0.3 is 5.32 Å². The molecule has 7 heteroatoms. The van der Waals surface area contributed by atoms with E-state index >= 15 is 0 Å². The number of nitrogens with zero attached hydrogens (tertiary/aromatic N) is 2. The van der Waals surface area contributed by atoms with Crippen molar-refractivity contribution in [3.63, 3.8) is 0 Å². The van der Waals surface area contributed by atoms with Crippen LogP contribution in [-0.4, -0.2) is 16.1 Å². The maximum absolute atomic E-state index is 13.0. The Labute approximate surface area is 112 Å². The summed E-state index contributed by atoms with van der Waals surface area (Å²) in [6.45, 7) is 2.37. The number of nitrogens with one attached hydrogen (secondary N) is 1. The van der Waals surface area contributed by atoms with Gasteiger partial charge in [-0.1, -0.05) is 29.6 Å². The van der Waals surface area contributed by atoms with Crippen molar-refractivity contribution < 1.29 is 13.2 Å². The summed E-state index contributed by atoms with van der Waals surface area (Å²) in [5, 5.41) is 8.54. The number of rotatable bonds is 4. The smallest absolute Gasteiger partial charge is 0.305 e. The summed E-state index contributed by atoms with van der Waals surface area (Å²) < 4.78 is 42.8. The number of hydrogen-bond acceptors (Lipinski definition) is 4. The van der Waals surface area contributed by atoms with Crippen molar-refractivity contribution in [2.45, 2.75) is 19.1 Å². The van der Waals surface area contributed by atoms with Gasteiger partial charge in [-0.25, -0.2) is 0 Å². The molecule has 1 atom stereocenters. The quantitative estimate of drug-likeness (QED) is 0.938. The van der Waals surface area contributed by atoms with Crippen LogP contribution >= 0.6 is 11.5 Å². The summed E-state index contributed by atoms with van der Waals surface area (Å²) in [5.74, 6) is 0. The number of halogens is 3. The van der Waals surface area contributed by atoms with Gasteiger partial charge in [-0.15, -0.1) is 5.10 Å². The number of benzene rings is 1. The molecule has 1 aromatic carbocycles. The molecule has 0 fully saturated rings. The van der Waals surface area contributed by atoms with Crippen molar-refractivity contribution in [3.05, 3.63) is 46.5 Å². The SMILES string of the molecule is CCNC(c1csnn1)c1ccccc1C(F)(F)F. The highest BCUT2D eigenvalue weighted by molar-refractivity contribution is 7.03. The molecule has 0 saturated carbocycles. The topological polar surface area (TPSA) is 37.8 Å². The average molecular weight is 287 g/mol. The molecule has 1 aromatic heterocycles. The summed E-state index contributed by atoms with van der Waals surface area (Å²) in [7, 11) is 0. The van der Waals surface area contributed by atoms with Crippen molar-refractivity contribution >= 4 is 11.5 Å². The Morgan fingerprint density at radius 3 is 2.63 bits per heavy atom. The molecule has 2 aromatic rings. The summed E-state index contributed by atoms with van der Waals surface area (Å²) in [5.41, 5.74) is 0.0297. The number of hydrogen-bond donors (Lipinski definition) is 1. The van der Waals surface area contributed by atoms with Crippen LogP contribution in [0.1, 0.15) is 29.8 Å². The number of aromatic nitrogens is 2. The van der Waals surface area contributed by atoms with E-state index in [4.69, 9.17) is 0 Å². The Kier molecular flexibility index (Phi) is 4.16. The molecule has 0 aliphatic rings. The van der Waals surface area contributed by atoms with E-state index in [9.17, 15) is 13.2 Å². The first-order valence-corrected chi connectivity index (χ1v) is 6.54. The van der Waals surface area contributed by atoms with Gasteiger partial charge in [0.1, 0.15) is 0 Å². The highest BCUT2D eigenvalue weighted by atomic mass is 32.1. The van der Waals surface area contributed by atoms with E-state index in [0.717, 1.165) is 17.6 Å². The Morgan fingerprint density at radius 1 is 1.32 bits per heavy atom. The third-order valence-corrected chi connectivity index (χ3v) is 3.18. The molecule has 0 radical (unpaired) electrons. The highest BCUT2D eigenvalue weighted by Crippen LogP contribution is 2.36. The third kappa shape index (κ3) is 3.10. The van der Waals surface area contributed by atoms with E-state index in [-0.39, 0.29) is 5.56 Å². The molecule has 0 bridgehead atoms. The van der Waals surface area contributed by atoms with Crippen molar-refractivity contribution in [2.75, 3.05) is 6.54 Å². The standard InChI is InChI=1S/C12H12F3N3S/c1-2-16-11(10-7-19-18-17-10)8-5-3-4-6-9(8)12(13,14)15/h3-7,11,16H,2H2,1H3. The minimum Gasteiger partial charge on any atom is -0.305 e. The second-order valence-corrected chi connectivity index (χ2v) is 4.52. The molecule has 2 rings (SSSR count). The maximum Gasteiger partial charge on any atom is 0.416 e. The summed E-state index contributed by atoms with van der Waals surface area (Å²) in [6.07, 6.45) is -4.38. The predicted molar refractivity (Wildman–Crippen MR) is 66.9 cm³/mol. The third-order valence-electron chi connectivity index (χ3n) is 2.66. The highest BCUT2D eigenvalue weighted by Gasteiger charge is 2.35. The molecule has 19 heavy (non-hydrogen) atoms. The molecule has 0 amide bonds. The maximum atomic E-state index is 13.0. The van der Waals surface area contributed by atoms with Gasteiger partial charge in [0.25, 0.3) is 0 Å². The zero-order chi connectivity index (χ0) is 13.9. The van der Waals surface area contributed by atoms with E-state index in [1.54, 1.807) is 11.4 Å². The van der Waals surface area contributed by atoms with E-state index in [1.807, 2.05) is 6.92 Å². The molecule has 102 valence electrons. The molecule has 0 aliphatic carbocycles. The fourth-order valence-electron chi connectivity index (χ4n) is 1.88. The minimum atomic E-state index is -4.38. The molecule has 0 spiro atoms. The first-order chi connectivity index (χ1) is 9.04. The zero-order valence-electron chi connectivity index (χ0n) is 10.1. The van der Waals surface area contributed by atoms with Crippen LogP contribution in [0.4, 0.5) is 13.2 Å². The molecule has 0 aliphatic heterocycles. The van der Waals surface area contributed by atoms with E-state index in [0.29, 0.717) is 12.2 Å². The first-order valence-electron chi connectivity index (χ1n) is 5.70. The Hall–Kier alpha value is -1.47. The lowest BCUT2D eigenvalue weighted by molar-refractivity contribution is -0.138. The van der Waals surface area contributed by atoms with Gasteiger partial charge in [0, 0.05) is 5.38 Å². The normalized spacial score (nSPS) is 13.5. The van der Waals surface area contributed by atoms with Gasteiger partial charge in [0.2, 0.25) is 0 Å². The monoisotopic (exact) mass is 287 g/mol. The van der Waals surface area contributed by atoms with Gasteiger partial charge in [-0.3, -0.25) is 0 Å². The van der Waals surface area contributed by atoms with Crippen LogP contribution in [0.25, 0.3) is 0 Å². The number of alkyl halides is 3. The molecule has 0 saturated heterocycles. The van der Waals surface area contributed by atoms with Crippen LogP contribution in [-0.2, 0) is 6.18 Å². The van der Waals surface area contributed by atoms with Crippen LogP contribution in [0.5, 0.6) is 0 Å². The Balaban J connectivity index is 2.48. The lowest BCUT2D eigenvalue weighted by atomic mass is 9.98. The van der Waals surface area contributed by atoms with E-state index in [1.165, 1.54) is 12.1 Å². The fraction of sp³-hybridized carbons (Fsp3) is 0.333. The first kappa shape index (κ1) is 14.0. The van der Waals surface area contributed by atoms with Crippen molar-refractivity contribution in [2.24, 2.45) is 0 Å². The van der Waals surface area contributed by atoms with Gasteiger partial charge in [-0.2, -0.15) is 13.2 Å². The van der Waals surface area contributed by atoms with Crippen molar-refractivity contribution in [1.82, 2.24) is 14.9 Å². The summed E-state index contributed by atoms with van der Waals surface area (Å²) in [6, 6.07) is 4.93. The summed E-state index contributed by atoms with van der Waals surface area (Å²) >= 11 is 1.12. The van der Waals surface area contributed by atoms with E-state index in [2.05, 4.69) is 14.9 Å². The van der Waals surface area contributed by atoms with Crippen LogP contribution in [0.2, 0.25) is 0 Å². The molecule has 1 heterocycles. The predicted octanol–water partition coefficient (Wildman–Crippen LogP) is 3.26. The van der Waals surface area contributed by atoms with Crippen LogP contribution in [0.15, 0.2) is 29.6 Å². The Bertz CT molecular complexity index is 525. The van der Waals surface area contributed by atoms with Crippen LogP contribution < -0.4 is 5.32 Å².